The van der Waals surface area contributed by atoms with Crippen LogP contribution in [0.5, 0.6) is 0 Å². The van der Waals surface area contributed by atoms with Gasteiger partial charge in [0.15, 0.2) is 0 Å². The van der Waals surface area contributed by atoms with E-state index in [1.807, 2.05) is 17.5 Å². The summed E-state index contributed by atoms with van der Waals surface area (Å²) in [5, 5.41) is 1.86. The van der Waals surface area contributed by atoms with Crippen molar-refractivity contribution in [2.45, 2.75) is 12.8 Å². The Hall–Kier alpha value is -2.67. The number of amides is 3. The zero-order chi connectivity index (χ0) is 17.6. The van der Waals surface area contributed by atoms with Crippen LogP contribution in [0.4, 0.5) is 0 Å². The van der Waals surface area contributed by atoms with E-state index in [1.54, 1.807) is 35.2 Å². The van der Waals surface area contributed by atoms with Gasteiger partial charge in [-0.2, -0.15) is 0 Å². The van der Waals surface area contributed by atoms with E-state index in [2.05, 4.69) is 10.9 Å². The van der Waals surface area contributed by atoms with Crippen molar-refractivity contribution in [2.24, 2.45) is 5.92 Å². The zero-order valence-corrected chi connectivity index (χ0v) is 14.4. The van der Waals surface area contributed by atoms with Gasteiger partial charge in [0.25, 0.3) is 11.8 Å². The molecule has 2 aromatic rings. The molecular formula is C18H19N3O3S. The first kappa shape index (κ1) is 17.2. The normalized spacial score (nSPS) is 17.0. The van der Waals surface area contributed by atoms with E-state index in [1.165, 1.54) is 11.3 Å². The van der Waals surface area contributed by atoms with Crippen LogP contribution >= 0.6 is 11.3 Å². The van der Waals surface area contributed by atoms with Crippen LogP contribution in [-0.2, 0) is 4.79 Å². The summed E-state index contributed by atoms with van der Waals surface area (Å²) in [6.07, 6.45) is 1.46. The lowest BCUT2D eigenvalue weighted by Crippen LogP contribution is -2.50. The fourth-order valence-electron chi connectivity index (χ4n) is 2.81. The Balaban J connectivity index is 1.53. The van der Waals surface area contributed by atoms with Crippen molar-refractivity contribution in [3.63, 3.8) is 0 Å². The maximum atomic E-state index is 12.4. The average molecular weight is 357 g/mol. The first-order valence-electron chi connectivity index (χ1n) is 8.13. The van der Waals surface area contributed by atoms with Crippen molar-refractivity contribution < 1.29 is 14.4 Å². The molecule has 0 radical (unpaired) electrons. The Bertz CT molecular complexity index is 746. The topological polar surface area (TPSA) is 78.5 Å². The predicted octanol–water partition coefficient (Wildman–Crippen LogP) is 2.06. The molecule has 3 rings (SSSR count). The summed E-state index contributed by atoms with van der Waals surface area (Å²) in [5.41, 5.74) is 5.37. The Labute approximate surface area is 149 Å². The van der Waals surface area contributed by atoms with Crippen LogP contribution in [0.25, 0.3) is 0 Å². The van der Waals surface area contributed by atoms with Gasteiger partial charge in [-0.3, -0.25) is 25.2 Å². The minimum Gasteiger partial charge on any atom is -0.337 e. The molecule has 1 aliphatic rings. The molecule has 0 bridgehead atoms. The largest absolute Gasteiger partial charge is 0.337 e. The Morgan fingerprint density at radius 2 is 1.84 bits per heavy atom. The van der Waals surface area contributed by atoms with E-state index < -0.39 is 0 Å². The first-order chi connectivity index (χ1) is 12.1. The second-order valence-corrected chi connectivity index (χ2v) is 6.82. The molecule has 130 valence electrons. The monoisotopic (exact) mass is 357 g/mol. The van der Waals surface area contributed by atoms with Gasteiger partial charge in [0.05, 0.1) is 10.8 Å². The number of benzene rings is 1. The molecule has 0 unspecified atom stereocenters. The number of hydrogen-bond acceptors (Lipinski definition) is 4. The highest BCUT2D eigenvalue weighted by atomic mass is 32.1. The lowest BCUT2D eigenvalue weighted by atomic mass is 9.97. The van der Waals surface area contributed by atoms with Gasteiger partial charge in [0.2, 0.25) is 5.91 Å². The molecule has 6 nitrogen and oxygen atoms in total. The second-order valence-electron chi connectivity index (χ2n) is 5.88. The quantitative estimate of drug-likeness (QED) is 0.826. The smallest absolute Gasteiger partial charge is 0.269 e. The lowest BCUT2D eigenvalue weighted by Gasteiger charge is -2.31. The van der Waals surface area contributed by atoms with Crippen LogP contribution in [0.2, 0.25) is 0 Å². The summed E-state index contributed by atoms with van der Waals surface area (Å²) in [6, 6.07) is 12.3. The van der Waals surface area contributed by atoms with Crippen molar-refractivity contribution in [1.29, 1.82) is 0 Å². The standard InChI is InChI=1S/C18H19N3O3S/c22-16(13-6-2-1-3-7-13)19-20-17(23)14-8-4-10-21(12-14)18(24)15-9-5-11-25-15/h1-3,5-7,9,11,14H,4,8,10,12H2,(H,19,22)(H,20,23)/t14-/m1/s1. The molecule has 1 aliphatic heterocycles. The van der Waals surface area contributed by atoms with E-state index in [0.29, 0.717) is 30.0 Å². The highest BCUT2D eigenvalue weighted by Gasteiger charge is 2.29. The van der Waals surface area contributed by atoms with Crippen molar-refractivity contribution in [1.82, 2.24) is 15.8 Å². The Morgan fingerprint density at radius 1 is 1.04 bits per heavy atom. The Morgan fingerprint density at radius 3 is 2.56 bits per heavy atom. The highest BCUT2D eigenvalue weighted by molar-refractivity contribution is 7.12. The highest BCUT2D eigenvalue weighted by Crippen LogP contribution is 2.20. The van der Waals surface area contributed by atoms with Crippen LogP contribution in [0.3, 0.4) is 0 Å². The molecule has 1 aromatic carbocycles. The molecule has 1 saturated heterocycles. The van der Waals surface area contributed by atoms with Gasteiger partial charge in [-0.05, 0) is 36.4 Å². The second kappa shape index (κ2) is 7.94. The lowest BCUT2D eigenvalue weighted by molar-refractivity contribution is -0.127. The summed E-state index contributed by atoms with van der Waals surface area (Å²) in [5.74, 6) is -1.00. The minimum absolute atomic E-state index is 0.0409. The first-order valence-corrected chi connectivity index (χ1v) is 9.01. The third kappa shape index (κ3) is 4.24. The van der Waals surface area contributed by atoms with Gasteiger partial charge in [-0.15, -0.1) is 11.3 Å². The van der Waals surface area contributed by atoms with E-state index in [9.17, 15) is 14.4 Å². The fourth-order valence-corrected chi connectivity index (χ4v) is 3.50. The minimum atomic E-state index is -0.365. The molecule has 0 saturated carbocycles. The Kier molecular flexibility index (Phi) is 5.45. The van der Waals surface area contributed by atoms with Gasteiger partial charge >= 0.3 is 0 Å². The van der Waals surface area contributed by atoms with Crippen molar-refractivity contribution in [3.05, 3.63) is 58.3 Å². The third-order valence-corrected chi connectivity index (χ3v) is 5.00. The molecule has 1 atom stereocenters. The number of likely N-dealkylation sites (tertiary alicyclic amines) is 1. The van der Waals surface area contributed by atoms with E-state index in [4.69, 9.17) is 0 Å². The summed E-state index contributed by atoms with van der Waals surface area (Å²) >= 11 is 1.40. The van der Waals surface area contributed by atoms with Gasteiger partial charge in [0.1, 0.15) is 0 Å². The van der Waals surface area contributed by atoms with Crippen molar-refractivity contribution in [3.8, 4) is 0 Å². The number of carbonyl (C=O) groups is 3. The van der Waals surface area contributed by atoms with Crippen LogP contribution in [-0.4, -0.2) is 35.7 Å². The summed E-state index contributed by atoms with van der Waals surface area (Å²) in [7, 11) is 0. The molecule has 0 aliphatic carbocycles. The molecule has 25 heavy (non-hydrogen) atoms. The number of rotatable bonds is 3. The molecular weight excluding hydrogens is 338 g/mol. The third-order valence-electron chi connectivity index (χ3n) is 4.15. The SMILES string of the molecule is O=C(NNC(=O)[C@@H]1CCCN(C(=O)c2cccs2)C1)c1ccccc1. The molecule has 2 N–H and O–H groups in total. The maximum absolute atomic E-state index is 12.4. The van der Waals surface area contributed by atoms with Crippen LogP contribution in [0, 0.1) is 5.92 Å². The van der Waals surface area contributed by atoms with E-state index in [-0.39, 0.29) is 23.6 Å². The molecule has 3 amide bonds. The number of piperidine rings is 1. The van der Waals surface area contributed by atoms with Gasteiger partial charge < -0.3 is 4.90 Å². The van der Waals surface area contributed by atoms with Crippen molar-refractivity contribution >= 4 is 29.1 Å². The molecule has 0 spiro atoms. The summed E-state index contributed by atoms with van der Waals surface area (Å²) in [4.78, 5) is 39.1. The van der Waals surface area contributed by atoms with E-state index >= 15 is 0 Å². The van der Waals surface area contributed by atoms with Gasteiger partial charge in [-0.1, -0.05) is 24.3 Å². The van der Waals surface area contributed by atoms with Crippen LogP contribution in [0.15, 0.2) is 47.8 Å². The maximum Gasteiger partial charge on any atom is 0.269 e. The predicted molar refractivity (Wildman–Crippen MR) is 95.0 cm³/mol. The average Bonchev–Trinajstić information content (AvgIpc) is 3.20. The number of thiophene rings is 1. The van der Waals surface area contributed by atoms with Crippen LogP contribution in [0.1, 0.15) is 32.9 Å². The summed E-state index contributed by atoms with van der Waals surface area (Å²) < 4.78 is 0. The van der Waals surface area contributed by atoms with Gasteiger partial charge in [0, 0.05) is 18.7 Å². The number of hydrazine groups is 1. The van der Waals surface area contributed by atoms with E-state index in [0.717, 1.165) is 6.42 Å². The number of hydrogen-bond donors (Lipinski definition) is 2. The van der Waals surface area contributed by atoms with Crippen LogP contribution < -0.4 is 10.9 Å². The molecule has 7 heteroatoms. The summed E-state index contributed by atoms with van der Waals surface area (Å²) in [6.45, 7) is 1.01. The fraction of sp³-hybridized carbons (Fsp3) is 0.278. The zero-order valence-electron chi connectivity index (χ0n) is 13.6. The number of carbonyl (C=O) groups excluding carboxylic acids is 3. The van der Waals surface area contributed by atoms with Gasteiger partial charge in [-0.25, -0.2) is 0 Å². The number of nitrogens with zero attached hydrogens (tertiary/aromatic N) is 1. The number of nitrogens with one attached hydrogen (secondary N) is 2. The molecule has 2 heterocycles. The van der Waals surface area contributed by atoms with Crippen molar-refractivity contribution in [2.75, 3.05) is 13.1 Å². The molecule has 1 aromatic heterocycles. The molecule has 1 fully saturated rings.